The zero-order chi connectivity index (χ0) is 11.3. The normalized spacial score (nSPS) is 12.8. The van der Waals surface area contributed by atoms with Crippen molar-refractivity contribution < 1.29 is 13.2 Å². The SMILES string of the molecule is FC(F)(F)c1ccc(C=N/C=C/Br)cn1. The Balaban J connectivity index is 2.81. The van der Waals surface area contributed by atoms with E-state index in [1.54, 1.807) is 0 Å². The van der Waals surface area contributed by atoms with Crippen molar-refractivity contribution >= 4 is 22.1 Å². The van der Waals surface area contributed by atoms with E-state index < -0.39 is 11.9 Å². The fourth-order valence-corrected chi connectivity index (χ4v) is 0.947. The molecule has 0 fully saturated rings. The van der Waals surface area contributed by atoms with Gasteiger partial charge in [-0.1, -0.05) is 15.9 Å². The van der Waals surface area contributed by atoms with E-state index in [-0.39, 0.29) is 0 Å². The molecule has 6 heteroatoms. The van der Waals surface area contributed by atoms with E-state index in [1.165, 1.54) is 23.5 Å². The summed E-state index contributed by atoms with van der Waals surface area (Å²) in [5.41, 5.74) is -0.399. The minimum absolute atomic E-state index is 0.508. The Kier molecular flexibility index (Phi) is 4.02. The minimum atomic E-state index is -4.40. The summed E-state index contributed by atoms with van der Waals surface area (Å²) in [5.74, 6) is 0. The highest BCUT2D eigenvalue weighted by Crippen LogP contribution is 2.26. The first kappa shape index (κ1) is 11.9. The lowest BCUT2D eigenvalue weighted by molar-refractivity contribution is -0.141. The molecule has 0 aromatic carbocycles. The molecule has 0 saturated heterocycles. The molecule has 1 rings (SSSR count). The zero-order valence-corrected chi connectivity index (χ0v) is 8.96. The molecular formula is C9H6BrF3N2. The molecule has 2 nitrogen and oxygen atoms in total. The predicted molar refractivity (Wildman–Crippen MR) is 54.9 cm³/mol. The van der Waals surface area contributed by atoms with Gasteiger partial charge in [-0.05, 0) is 17.1 Å². The second kappa shape index (κ2) is 5.06. The summed E-state index contributed by atoms with van der Waals surface area (Å²) < 4.78 is 36.3. The highest BCUT2D eigenvalue weighted by atomic mass is 79.9. The van der Waals surface area contributed by atoms with Crippen molar-refractivity contribution in [1.29, 1.82) is 0 Å². The van der Waals surface area contributed by atoms with E-state index in [1.807, 2.05) is 0 Å². The molecule has 0 amide bonds. The lowest BCUT2D eigenvalue weighted by Gasteiger charge is -2.04. The second-order valence-electron chi connectivity index (χ2n) is 2.53. The van der Waals surface area contributed by atoms with Crippen LogP contribution in [0.4, 0.5) is 13.2 Å². The first-order valence-electron chi connectivity index (χ1n) is 3.85. The summed E-state index contributed by atoms with van der Waals surface area (Å²) in [7, 11) is 0. The predicted octanol–water partition coefficient (Wildman–Crippen LogP) is 3.39. The topological polar surface area (TPSA) is 25.2 Å². The molecule has 0 N–H and O–H groups in total. The molecule has 0 spiro atoms. The van der Waals surface area contributed by atoms with Crippen LogP contribution in [0, 0.1) is 0 Å². The molecule has 0 aliphatic carbocycles. The number of rotatable bonds is 2. The van der Waals surface area contributed by atoms with Crippen molar-refractivity contribution in [1.82, 2.24) is 4.98 Å². The minimum Gasteiger partial charge on any atom is -0.264 e. The van der Waals surface area contributed by atoms with Gasteiger partial charge in [0, 0.05) is 24.2 Å². The number of aromatic nitrogens is 1. The Hall–Kier alpha value is -1.17. The van der Waals surface area contributed by atoms with Gasteiger partial charge in [0.15, 0.2) is 0 Å². The van der Waals surface area contributed by atoms with Crippen LogP contribution in [0.1, 0.15) is 11.3 Å². The van der Waals surface area contributed by atoms with Gasteiger partial charge < -0.3 is 0 Å². The van der Waals surface area contributed by atoms with Gasteiger partial charge in [0.05, 0.1) is 0 Å². The average molecular weight is 279 g/mol. The van der Waals surface area contributed by atoms with Crippen LogP contribution in [0.5, 0.6) is 0 Å². The summed E-state index contributed by atoms with van der Waals surface area (Å²) in [6, 6.07) is 2.22. The van der Waals surface area contributed by atoms with Crippen molar-refractivity contribution in [3.05, 3.63) is 40.8 Å². The van der Waals surface area contributed by atoms with Gasteiger partial charge in [-0.25, -0.2) is 0 Å². The largest absolute Gasteiger partial charge is 0.433 e. The van der Waals surface area contributed by atoms with Gasteiger partial charge in [-0.15, -0.1) is 0 Å². The van der Waals surface area contributed by atoms with Gasteiger partial charge in [0.1, 0.15) is 5.69 Å². The molecule has 80 valence electrons. The van der Waals surface area contributed by atoms with Gasteiger partial charge in [0.25, 0.3) is 0 Å². The average Bonchev–Trinajstić information content (AvgIpc) is 2.18. The maximum atomic E-state index is 12.1. The van der Waals surface area contributed by atoms with Crippen molar-refractivity contribution in [2.24, 2.45) is 4.99 Å². The van der Waals surface area contributed by atoms with Crippen LogP contribution >= 0.6 is 15.9 Å². The van der Waals surface area contributed by atoms with E-state index in [0.717, 1.165) is 12.3 Å². The summed E-state index contributed by atoms with van der Waals surface area (Å²) >= 11 is 3.00. The first-order chi connectivity index (χ1) is 7.04. The molecule has 1 aromatic rings. The Morgan fingerprint density at radius 1 is 1.33 bits per heavy atom. The van der Waals surface area contributed by atoms with E-state index >= 15 is 0 Å². The van der Waals surface area contributed by atoms with Crippen LogP contribution in [0.25, 0.3) is 0 Å². The van der Waals surface area contributed by atoms with Crippen LogP contribution in [0.2, 0.25) is 0 Å². The summed E-state index contributed by atoms with van der Waals surface area (Å²) in [6.07, 6.45) is -0.414. The molecule has 0 aliphatic rings. The third-order valence-electron chi connectivity index (χ3n) is 1.44. The van der Waals surface area contributed by atoms with Crippen LogP contribution in [-0.4, -0.2) is 11.2 Å². The number of hydrogen-bond donors (Lipinski definition) is 0. The maximum absolute atomic E-state index is 12.1. The standard InChI is InChI=1S/C9H6BrF3N2/c10-3-4-14-5-7-1-2-8(15-6-7)9(11,12)13/h1-6H/b4-3+,14-5?. The van der Waals surface area contributed by atoms with E-state index in [2.05, 4.69) is 25.9 Å². The van der Waals surface area contributed by atoms with Crippen molar-refractivity contribution in [3.63, 3.8) is 0 Å². The fraction of sp³-hybridized carbons (Fsp3) is 0.111. The molecule has 0 radical (unpaired) electrons. The highest BCUT2D eigenvalue weighted by Gasteiger charge is 2.31. The maximum Gasteiger partial charge on any atom is 0.433 e. The summed E-state index contributed by atoms with van der Waals surface area (Å²) in [5, 5.41) is 0. The second-order valence-corrected chi connectivity index (χ2v) is 3.06. The van der Waals surface area contributed by atoms with Gasteiger partial charge in [-0.3, -0.25) is 9.98 Å². The number of nitrogens with zero attached hydrogens (tertiary/aromatic N) is 2. The Morgan fingerprint density at radius 2 is 2.07 bits per heavy atom. The van der Waals surface area contributed by atoms with Crippen LogP contribution < -0.4 is 0 Å². The fourth-order valence-electron chi connectivity index (χ4n) is 0.811. The lowest BCUT2D eigenvalue weighted by atomic mass is 10.2. The molecule has 0 saturated carbocycles. The van der Waals surface area contributed by atoms with E-state index in [4.69, 9.17) is 0 Å². The van der Waals surface area contributed by atoms with Crippen LogP contribution in [0.3, 0.4) is 0 Å². The third-order valence-corrected chi connectivity index (χ3v) is 1.68. The van der Waals surface area contributed by atoms with E-state index in [0.29, 0.717) is 5.56 Å². The number of halogens is 4. The molecular weight excluding hydrogens is 273 g/mol. The first-order valence-corrected chi connectivity index (χ1v) is 4.77. The highest BCUT2D eigenvalue weighted by molar-refractivity contribution is 9.11. The monoisotopic (exact) mass is 278 g/mol. The van der Waals surface area contributed by atoms with E-state index in [9.17, 15) is 13.2 Å². The number of aliphatic imine (C=N–C) groups is 1. The Bertz CT molecular complexity index is 368. The van der Waals surface area contributed by atoms with Crippen LogP contribution in [0.15, 0.2) is 34.5 Å². The van der Waals surface area contributed by atoms with Gasteiger partial charge in [-0.2, -0.15) is 13.2 Å². The number of hydrogen-bond acceptors (Lipinski definition) is 2. The molecule has 15 heavy (non-hydrogen) atoms. The van der Waals surface area contributed by atoms with Crippen molar-refractivity contribution in [2.45, 2.75) is 6.18 Å². The van der Waals surface area contributed by atoms with Gasteiger partial charge >= 0.3 is 6.18 Å². The molecule has 0 unspecified atom stereocenters. The van der Waals surface area contributed by atoms with Crippen LogP contribution in [-0.2, 0) is 6.18 Å². The third kappa shape index (κ3) is 3.83. The van der Waals surface area contributed by atoms with Crippen molar-refractivity contribution in [2.75, 3.05) is 0 Å². The van der Waals surface area contributed by atoms with Crippen molar-refractivity contribution in [3.8, 4) is 0 Å². The molecule has 1 aromatic heterocycles. The zero-order valence-electron chi connectivity index (χ0n) is 7.37. The number of pyridine rings is 1. The Labute approximate surface area is 92.7 Å². The Morgan fingerprint density at radius 3 is 2.53 bits per heavy atom. The molecule has 0 aliphatic heterocycles. The summed E-state index contributed by atoms with van der Waals surface area (Å²) in [6.45, 7) is 0. The molecule has 0 atom stereocenters. The number of alkyl halides is 3. The van der Waals surface area contributed by atoms with Gasteiger partial charge in [0.2, 0.25) is 0 Å². The lowest BCUT2D eigenvalue weighted by Crippen LogP contribution is -2.07. The smallest absolute Gasteiger partial charge is 0.264 e. The quantitative estimate of drug-likeness (QED) is 0.762. The molecule has 1 heterocycles. The summed E-state index contributed by atoms with van der Waals surface area (Å²) in [4.78, 5) is 8.58. The molecule has 0 bridgehead atoms.